The van der Waals surface area contributed by atoms with E-state index in [2.05, 4.69) is 49.0 Å². The molecule has 1 aliphatic heterocycles. The molecule has 1 heterocycles. The molecule has 2 rings (SSSR count). The van der Waals surface area contributed by atoms with Crippen LogP contribution in [0.3, 0.4) is 0 Å². The Kier molecular flexibility index (Phi) is 3.87. The molecule has 3 heteroatoms. The van der Waals surface area contributed by atoms with Crippen LogP contribution in [0.25, 0.3) is 0 Å². The molecule has 1 saturated carbocycles. The zero-order chi connectivity index (χ0) is 11.8. The number of piperazine rings is 1. The number of nitrogens with one attached hydrogen (secondary N) is 1. The summed E-state index contributed by atoms with van der Waals surface area (Å²) in [4.78, 5) is 2.75. The SMILES string of the molecule is CSC1(CN2CC(C)NCC2C(C)C)CC1. The third-order valence-electron chi connectivity index (χ3n) is 4.15. The first kappa shape index (κ1) is 12.7. The van der Waals surface area contributed by atoms with E-state index in [1.54, 1.807) is 0 Å². The van der Waals surface area contributed by atoms with Gasteiger partial charge in [-0.15, -0.1) is 0 Å². The maximum absolute atomic E-state index is 3.62. The van der Waals surface area contributed by atoms with Crippen molar-refractivity contribution in [1.29, 1.82) is 0 Å². The first-order chi connectivity index (χ1) is 7.56. The van der Waals surface area contributed by atoms with E-state index in [1.807, 2.05) is 0 Å². The first-order valence-electron chi connectivity index (χ1n) is 6.59. The summed E-state index contributed by atoms with van der Waals surface area (Å²) < 4.78 is 0.615. The van der Waals surface area contributed by atoms with Gasteiger partial charge in [0.2, 0.25) is 0 Å². The lowest BCUT2D eigenvalue weighted by molar-refractivity contribution is 0.102. The van der Waals surface area contributed by atoms with Crippen molar-refractivity contribution in [2.24, 2.45) is 5.92 Å². The maximum Gasteiger partial charge on any atom is 0.0285 e. The van der Waals surface area contributed by atoms with E-state index in [0.29, 0.717) is 10.8 Å². The van der Waals surface area contributed by atoms with Gasteiger partial charge in [-0.3, -0.25) is 4.90 Å². The second-order valence-electron chi connectivity index (χ2n) is 5.94. The van der Waals surface area contributed by atoms with Crippen molar-refractivity contribution in [2.45, 2.75) is 50.4 Å². The predicted octanol–water partition coefficient (Wildman–Crippen LogP) is 2.20. The van der Waals surface area contributed by atoms with E-state index in [-0.39, 0.29) is 0 Å². The van der Waals surface area contributed by atoms with Crippen LogP contribution in [0.4, 0.5) is 0 Å². The van der Waals surface area contributed by atoms with Gasteiger partial charge < -0.3 is 5.32 Å². The fourth-order valence-electron chi connectivity index (χ4n) is 2.78. The van der Waals surface area contributed by atoms with Crippen molar-refractivity contribution >= 4 is 11.8 Å². The second-order valence-corrected chi connectivity index (χ2v) is 7.21. The summed E-state index contributed by atoms with van der Waals surface area (Å²) in [6.07, 6.45) is 5.14. The monoisotopic (exact) mass is 242 g/mol. The fourth-order valence-corrected chi connectivity index (χ4v) is 3.58. The van der Waals surface area contributed by atoms with Crippen LogP contribution in [-0.4, -0.2) is 47.6 Å². The lowest BCUT2D eigenvalue weighted by atomic mass is 9.98. The number of nitrogens with zero attached hydrogens (tertiary/aromatic N) is 1. The van der Waals surface area contributed by atoms with Gasteiger partial charge in [-0.05, 0) is 31.9 Å². The van der Waals surface area contributed by atoms with E-state index in [9.17, 15) is 0 Å². The van der Waals surface area contributed by atoms with Crippen LogP contribution in [0.5, 0.6) is 0 Å². The van der Waals surface area contributed by atoms with Gasteiger partial charge >= 0.3 is 0 Å². The average Bonchev–Trinajstić information content (AvgIpc) is 2.98. The largest absolute Gasteiger partial charge is 0.311 e. The minimum absolute atomic E-state index is 0.615. The van der Waals surface area contributed by atoms with Gasteiger partial charge in [-0.1, -0.05) is 13.8 Å². The molecule has 2 nitrogen and oxygen atoms in total. The quantitative estimate of drug-likeness (QED) is 0.813. The van der Waals surface area contributed by atoms with Gasteiger partial charge in [0.15, 0.2) is 0 Å². The standard InChI is InChI=1S/C13H26N2S/c1-10(2)12-7-14-11(3)8-15(12)9-13(16-4)5-6-13/h10-12,14H,5-9H2,1-4H3. The topological polar surface area (TPSA) is 15.3 Å². The highest BCUT2D eigenvalue weighted by Gasteiger charge is 2.45. The Bertz CT molecular complexity index is 238. The molecule has 0 radical (unpaired) electrons. The van der Waals surface area contributed by atoms with E-state index in [1.165, 1.54) is 32.5 Å². The van der Waals surface area contributed by atoms with Crippen LogP contribution in [-0.2, 0) is 0 Å². The Morgan fingerprint density at radius 2 is 2.12 bits per heavy atom. The van der Waals surface area contributed by atoms with E-state index < -0.39 is 0 Å². The number of hydrogen-bond acceptors (Lipinski definition) is 3. The molecule has 1 saturated heterocycles. The second kappa shape index (κ2) is 4.87. The van der Waals surface area contributed by atoms with Gasteiger partial charge in [-0.2, -0.15) is 11.8 Å². The van der Waals surface area contributed by atoms with Crippen LogP contribution in [0.2, 0.25) is 0 Å². The summed E-state index contributed by atoms with van der Waals surface area (Å²) in [5, 5.41) is 3.62. The maximum atomic E-state index is 3.62. The summed E-state index contributed by atoms with van der Waals surface area (Å²) in [6.45, 7) is 10.7. The van der Waals surface area contributed by atoms with Crippen molar-refractivity contribution in [3.63, 3.8) is 0 Å². The van der Waals surface area contributed by atoms with Gasteiger partial charge in [0.1, 0.15) is 0 Å². The highest BCUT2D eigenvalue weighted by molar-refractivity contribution is 8.00. The lowest BCUT2D eigenvalue weighted by Crippen LogP contribution is -2.58. The minimum atomic E-state index is 0.615. The molecule has 2 aliphatic rings. The minimum Gasteiger partial charge on any atom is -0.311 e. The van der Waals surface area contributed by atoms with Crippen molar-refractivity contribution < 1.29 is 0 Å². The number of hydrogen-bond donors (Lipinski definition) is 1. The summed E-state index contributed by atoms with van der Waals surface area (Å²) >= 11 is 2.08. The van der Waals surface area contributed by atoms with Crippen LogP contribution in [0, 0.1) is 5.92 Å². The predicted molar refractivity (Wildman–Crippen MR) is 73.1 cm³/mol. The van der Waals surface area contributed by atoms with Gasteiger partial charge in [-0.25, -0.2) is 0 Å². The van der Waals surface area contributed by atoms with E-state index in [4.69, 9.17) is 0 Å². The Hall–Kier alpha value is 0.270. The third kappa shape index (κ3) is 2.74. The molecule has 2 atom stereocenters. The summed E-state index contributed by atoms with van der Waals surface area (Å²) in [6, 6.07) is 1.40. The lowest BCUT2D eigenvalue weighted by Gasteiger charge is -2.43. The molecule has 2 unspecified atom stereocenters. The molecule has 16 heavy (non-hydrogen) atoms. The molecule has 1 N–H and O–H groups in total. The van der Waals surface area contributed by atoms with Crippen LogP contribution < -0.4 is 5.32 Å². The summed E-state index contributed by atoms with van der Waals surface area (Å²) in [5.41, 5.74) is 0. The zero-order valence-electron chi connectivity index (χ0n) is 11.1. The molecule has 0 bridgehead atoms. The van der Waals surface area contributed by atoms with E-state index >= 15 is 0 Å². The Morgan fingerprint density at radius 3 is 2.62 bits per heavy atom. The smallest absolute Gasteiger partial charge is 0.0285 e. The van der Waals surface area contributed by atoms with Crippen molar-refractivity contribution in [1.82, 2.24) is 10.2 Å². The first-order valence-corrected chi connectivity index (χ1v) is 7.81. The Morgan fingerprint density at radius 1 is 1.44 bits per heavy atom. The highest BCUT2D eigenvalue weighted by Crippen LogP contribution is 2.48. The van der Waals surface area contributed by atoms with Crippen LogP contribution >= 0.6 is 11.8 Å². The van der Waals surface area contributed by atoms with Crippen molar-refractivity contribution in [3.8, 4) is 0 Å². The van der Waals surface area contributed by atoms with Gasteiger partial charge in [0, 0.05) is 36.5 Å². The summed E-state index contributed by atoms with van der Waals surface area (Å²) in [7, 11) is 0. The van der Waals surface area contributed by atoms with Crippen molar-refractivity contribution in [2.75, 3.05) is 25.9 Å². The van der Waals surface area contributed by atoms with Gasteiger partial charge in [0.25, 0.3) is 0 Å². The Balaban J connectivity index is 1.97. The molecule has 0 aromatic rings. The molecule has 2 fully saturated rings. The normalized spacial score (nSPS) is 34.3. The number of thioether (sulfide) groups is 1. The molecule has 1 aliphatic carbocycles. The third-order valence-corrected chi connectivity index (χ3v) is 5.56. The molecule has 0 amide bonds. The van der Waals surface area contributed by atoms with Crippen LogP contribution in [0.15, 0.2) is 0 Å². The molecule has 0 aromatic heterocycles. The summed E-state index contributed by atoms with van der Waals surface area (Å²) in [5.74, 6) is 0.762. The molecule has 0 aromatic carbocycles. The van der Waals surface area contributed by atoms with Crippen molar-refractivity contribution in [3.05, 3.63) is 0 Å². The molecular formula is C13H26N2S. The Labute approximate surface area is 105 Å². The molecule has 94 valence electrons. The average molecular weight is 242 g/mol. The van der Waals surface area contributed by atoms with Gasteiger partial charge in [0.05, 0.1) is 0 Å². The van der Waals surface area contributed by atoms with E-state index in [0.717, 1.165) is 12.0 Å². The molecule has 0 spiro atoms. The fraction of sp³-hybridized carbons (Fsp3) is 1.00. The number of rotatable bonds is 4. The highest BCUT2D eigenvalue weighted by atomic mass is 32.2. The molecular weight excluding hydrogens is 216 g/mol. The zero-order valence-corrected chi connectivity index (χ0v) is 11.9. The van der Waals surface area contributed by atoms with Crippen LogP contribution in [0.1, 0.15) is 33.6 Å².